The molecule has 1 atom stereocenters. The first-order valence-corrected chi connectivity index (χ1v) is 4.16. The van der Waals surface area contributed by atoms with Gasteiger partial charge in [0.15, 0.2) is 0 Å². The molecule has 0 saturated heterocycles. The molecule has 0 bridgehead atoms. The van der Waals surface area contributed by atoms with Gasteiger partial charge in [0.25, 0.3) is 0 Å². The van der Waals surface area contributed by atoms with Gasteiger partial charge in [0.1, 0.15) is 0 Å². The second-order valence-corrected chi connectivity index (χ2v) is 3.04. The van der Waals surface area contributed by atoms with Crippen molar-refractivity contribution in [1.82, 2.24) is 5.01 Å². The van der Waals surface area contributed by atoms with Crippen molar-refractivity contribution in [3.63, 3.8) is 0 Å². The van der Waals surface area contributed by atoms with Crippen LogP contribution in [0.2, 0.25) is 0 Å². The van der Waals surface area contributed by atoms with E-state index in [4.69, 9.17) is 0 Å². The lowest BCUT2D eigenvalue weighted by molar-refractivity contribution is 0.244. The van der Waals surface area contributed by atoms with Crippen molar-refractivity contribution in [3.05, 3.63) is 11.6 Å². The Morgan fingerprint density at radius 3 is 3.00 bits per heavy atom. The molecule has 62 valence electrons. The SMILES string of the molecule is C/C=N\N1CCC(C)=CC1C. The van der Waals surface area contributed by atoms with Crippen molar-refractivity contribution in [2.75, 3.05) is 6.54 Å². The molecule has 1 rings (SSSR count). The van der Waals surface area contributed by atoms with E-state index in [0.717, 1.165) is 13.0 Å². The Morgan fingerprint density at radius 1 is 1.73 bits per heavy atom. The summed E-state index contributed by atoms with van der Waals surface area (Å²) in [6, 6.07) is 0.472. The van der Waals surface area contributed by atoms with Crippen LogP contribution in [0.5, 0.6) is 0 Å². The molecule has 0 N–H and O–H groups in total. The van der Waals surface area contributed by atoms with E-state index in [1.54, 1.807) is 0 Å². The lowest BCUT2D eigenvalue weighted by Crippen LogP contribution is -2.31. The highest BCUT2D eigenvalue weighted by molar-refractivity contribution is 5.52. The molecule has 0 aromatic rings. The van der Waals surface area contributed by atoms with E-state index in [2.05, 4.69) is 30.0 Å². The van der Waals surface area contributed by atoms with E-state index < -0.39 is 0 Å². The minimum absolute atomic E-state index is 0.472. The van der Waals surface area contributed by atoms with Gasteiger partial charge in [-0.3, -0.25) is 5.01 Å². The fourth-order valence-corrected chi connectivity index (χ4v) is 1.39. The van der Waals surface area contributed by atoms with Crippen molar-refractivity contribution in [3.8, 4) is 0 Å². The van der Waals surface area contributed by atoms with Crippen LogP contribution in [0.4, 0.5) is 0 Å². The second-order valence-electron chi connectivity index (χ2n) is 3.04. The van der Waals surface area contributed by atoms with Crippen LogP contribution in [-0.4, -0.2) is 23.8 Å². The van der Waals surface area contributed by atoms with Gasteiger partial charge in [0.05, 0.1) is 6.04 Å². The van der Waals surface area contributed by atoms with Gasteiger partial charge >= 0.3 is 0 Å². The molecular formula is C9H16N2. The zero-order chi connectivity index (χ0) is 8.27. The quantitative estimate of drug-likeness (QED) is 0.414. The summed E-state index contributed by atoms with van der Waals surface area (Å²) in [5.74, 6) is 0. The maximum absolute atomic E-state index is 4.26. The monoisotopic (exact) mass is 152 g/mol. The van der Waals surface area contributed by atoms with Gasteiger partial charge in [0, 0.05) is 12.8 Å². The van der Waals surface area contributed by atoms with Gasteiger partial charge in [-0.15, -0.1) is 0 Å². The molecule has 1 heterocycles. The van der Waals surface area contributed by atoms with Gasteiger partial charge < -0.3 is 0 Å². The van der Waals surface area contributed by atoms with Crippen molar-refractivity contribution in [1.29, 1.82) is 0 Å². The minimum Gasteiger partial charge on any atom is -0.290 e. The predicted octanol–water partition coefficient (Wildman–Crippen LogP) is 2.03. The number of hydrogen-bond donors (Lipinski definition) is 0. The summed E-state index contributed by atoms with van der Waals surface area (Å²) in [6.07, 6.45) is 5.28. The highest BCUT2D eigenvalue weighted by Gasteiger charge is 2.13. The van der Waals surface area contributed by atoms with Crippen LogP contribution in [0, 0.1) is 0 Å². The summed E-state index contributed by atoms with van der Waals surface area (Å²) in [6.45, 7) is 7.38. The Hall–Kier alpha value is -0.790. The van der Waals surface area contributed by atoms with Crippen molar-refractivity contribution < 1.29 is 0 Å². The Morgan fingerprint density at radius 2 is 2.45 bits per heavy atom. The van der Waals surface area contributed by atoms with Crippen molar-refractivity contribution in [2.24, 2.45) is 5.10 Å². The predicted molar refractivity (Wildman–Crippen MR) is 48.7 cm³/mol. The summed E-state index contributed by atoms with van der Waals surface area (Å²) < 4.78 is 0. The van der Waals surface area contributed by atoms with Crippen LogP contribution >= 0.6 is 0 Å². The van der Waals surface area contributed by atoms with Gasteiger partial charge in [-0.1, -0.05) is 11.6 Å². The topological polar surface area (TPSA) is 15.6 Å². The van der Waals surface area contributed by atoms with Crippen molar-refractivity contribution >= 4 is 6.21 Å². The zero-order valence-electron chi connectivity index (χ0n) is 7.54. The molecule has 1 unspecified atom stereocenters. The Bertz CT molecular complexity index is 182. The molecule has 0 radical (unpaired) electrons. The van der Waals surface area contributed by atoms with E-state index in [0.29, 0.717) is 6.04 Å². The van der Waals surface area contributed by atoms with Crippen LogP contribution in [0.3, 0.4) is 0 Å². The molecule has 0 aliphatic carbocycles. The molecule has 2 heteroatoms. The third kappa shape index (κ3) is 2.07. The fourth-order valence-electron chi connectivity index (χ4n) is 1.39. The summed E-state index contributed by atoms with van der Waals surface area (Å²) >= 11 is 0. The first-order chi connectivity index (χ1) is 5.24. The molecule has 0 fully saturated rings. The van der Waals surface area contributed by atoms with Gasteiger partial charge in [-0.05, 0) is 27.2 Å². The summed E-state index contributed by atoms with van der Waals surface area (Å²) in [5, 5.41) is 6.38. The number of hydrazone groups is 1. The van der Waals surface area contributed by atoms with E-state index in [-0.39, 0.29) is 0 Å². The minimum atomic E-state index is 0.472. The third-order valence-corrected chi connectivity index (χ3v) is 1.99. The molecule has 0 spiro atoms. The number of nitrogens with zero attached hydrogens (tertiary/aromatic N) is 2. The molecule has 0 aromatic carbocycles. The first kappa shape index (κ1) is 8.31. The summed E-state index contributed by atoms with van der Waals surface area (Å²) in [7, 11) is 0. The van der Waals surface area contributed by atoms with Gasteiger partial charge in [-0.25, -0.2) is 0 Å². The normalized spacial score (nSPS) is 25.9. The molecule has 0 aromatic heterocycles. The van der Waals surface area contributed by atoms with Gasteiger partial charge in [-0.2, -0.15) is 5.10 Å². The van der Waals surface area contributed by atoms with Crippen LogP contribution in [0.25, 0.3) is 0 Å². The molecular weight excluding hydrogens is 136 g/mol. The fraction of sp³-hybridized carbons (Fsp3) is 0.667. The number of rotatable bonds is 1. The maximum Gasteiger partial charge on any atom is 0.0625 e. The average Bonchev–Trinajstić information content (AvgIpc) is 1.95. The van der Waals surface area contributed by atoms with E-state index >= 15 is 0 Å². The highest BCUT2D eigenvalue weighted by atomic mass is 15.5. The Labute approximate surface area is 68.6 Å². The molecule has 11 heavy (non-hydrogen) atoms. The second kappa shape index (κ2) is 3.56. The maximum atomic E-state index is 4.26. The average molecular weight is 152 g/mol. The molecule has 1 aliphatic rings. The Balaban J connectivity index is 2.60. The molecule has 0 amide bonds. The molecule has 0 saturated carbocycles. The van der Waals surface area contributed by atoms with Gasteiger partial charge in [0.2, 0.25) is 0 Å². The van der Waals surface area contributed by atoms with Crippen LogP contribution in [0.15, 0.2) is 16.8 Å². The van der Waals surface area contributed by atoms with E-state index in [9.17, 15) is 0 Å². The summed E-state index contributed by atoms with van der Waals surface area (Å²) in [4.78, 5) is 0. The van der Waals surface area contributed by atoms with Crippen LogP contribution in [-0.2, 0) is 0 Å². The van der Waals surface area contributed by atoms with Crippen LogP contribution < -0.4 is 0 Å². The van der Waals surface area contributed by atoms with E-state index in [1.165, 1.54) is 5.57 Å². The standard InChI is InChI=1S/C9H16N2/c1-4-10-11-6-5-8(2)7-9(11)3/h4,7,9H,5-6H2,1-3H3/b10-4-. The highest BCUT2D eigenvalue weighted by Crippen LogP contribution is 2.15. The van der Waals surface area contributed by atoms with Crippen LogP contribution in [0.1, 0.15) is 27.2 Å². The largest absolute Gasteiger partial charge is 0.290 e. The smallest absolute Gasteiger partial charge is 0.0625 e. The third-order valence-electron chi connectivity index (χ3n) is 1.99. The molecule has 1 aliphatic heterocycles. The lowest BCUT2D eigenvalue weighted by Gasteiger charge is -2.28. The number of hydrogen-bond acceptors (Lipinski definition) is 2. The summed E-state index contributed by atoms with van der Waals surface area (Å²) in [5.41, 5.74) is 1.49. The Kier molecular flexibility index (Phi) is 2.69. The van der Waals surface area contributed by atoms with Crippen molar-refractivity contribution in [2.45, 2.75) is 33.2 Å². The molecule has 2 nitrogen and oxygen atoms in total. The zero-order valence-corrected chi connectivity index (χ0v) is 7.54. The lowest BCUT2D eigenvalue weighted by atomic mass is 10.1. The first-order valence-electron chi connectivity index (χ1n) is 4.16. The van der Waals surface area contributed by atoms with E-state index in [1.807, 2.05) is 13.1 Å².